The molecule has 0 heterocycles. The highest BCUT2D eigenvalue weighted by Gasteiger charge is 2.21. The molecule has 0 saturated carbocycles. The Bertz CT molecular complexity index is 720. The number of hydrazine groups is 1. The van der Waals surface area contributed by atoms with Gasteiger partial charge in [-0.3, -0.25) is 20.4 Å². The first kappa shape index (κ1) is 19.4. The number of nitrogens with one attached hydrogen (secondary N) is 2. The van der Waals surface area contributed by atoms with E-state index >= 15 is 0 Å². The van der Waals surface area contributed by atoms with Gasteiger partial charge >= 0.3 is 0 Å². The first-order valence-electron chi connectivity index (χ1n) is 8.58. The van der Waals surface area contributed by atoms with Crippen LogP contribution in [0.3, 0.4) is 0 Å². The Labute approximate surface area is 152 Å². The first-order valence-corrected chi connectivity index (χ1v) is 8.58. The van der Waals surface area contributed by atoms with E-state index in [9.17, 15) is 14.0 Å². The Morgan fingerprint density at radius 1 is 1.00 bits per heavy atom. The molecule has 0 saturated heterocycles. The van der Waals surface area contributed by atoms with Gasteiger partial charge in [-0.1, -0.05) is 43.7 Å². The zero-order chi connectivity index (χ0) is 18.9. The molecule has 0 unspecified atom stereocenters. The molecule has 2 aromatic carbocycles. The predicted octanol–water partition coefficient (Wildman–Crippen LogP) is 3.32. The van der Waals surface area contributed by atoms with E-state index < -0.39 is 12.0 Å². The van der Waals surface area contributed by atoms with E-state index in [1.54, 1.807) is 6.92 Å². The highest BCUT2D eigenvalue weighted by atomic mass is 19.1. The predicted molar refractivity (Wildman–Crippen MR) is 96.9 cm³/mol. The molecule has 0 aromatic heterocycles. The van der Waals surface area contributed by atoms with Gasteiger partial charge < -0.3 is 4.74 Å². The number of ether oxygens (including phenoxy) is 1. The zero-order valence-electron chi connectivity index (χ0n) is 14.9. The van der Waals surface area contributed by atoms with Gasteiger partial charge in [0.2, 0.25) is 5.91 Å². The molecule has 2 aromatic rings. The van der Waals surface area contributed by atoms with Crippen molar-refractivity contribution in [2.45, 2.75) is 38.7 Å². The quantitative estimate of drug-likeness (QED) is 0.746. The molecule has 5 nitrogen and oxygen atoms in total. The van der Waals surface area contributed by atoms with Crippen LogP contribution in [-0.2, 0) is 9.59 Å². The molecular weight excluding hydrogens is 335 g/mol. The molecule has 0 spiro atoms. The lowest BCUT2D eigenvalue weighted by Gasteiger charge is -2.19. The van der Waals surface area contributed by atoms with Gasteiger partial charge in [0.15, 0.2) is 6.10 Å². The standard InChI is InChI=1S/C20H23FN2O3/c1-3-7-18(15-8-5-4-6-9-15)20(25)23-22-19(24)14(2)26-17-12-10-16(21)11-13-17/h4-6,8-14,18H,3,7H2,1-2H3,(H,22,24)(H,23,25)/t14-,18+/m1/s1. The summed E-state index contributed by atoms with van der Waals surface area (Å²) in [7, 11) is 0. The minimum absolute atomic E-state index is 0.277. The van der Waals surface area contributed by atoms with Crippen LogP contribution in [0.2, 0.25) is 0 Å². The summed E-state index contributed by atoms with van der Waals surface area (Å²) in [4.78, 5) is 24.6. The number of amides is 2. The molecule has 2 amide bonds. The molecule has 2 N–H and O–H groups in total. The second kappa shape index (κ2) is 9.56. The summed E-state index contributed by atoms with van der Waals surface area (Å²) in [6.45, 7) is 3.55. The Balaban J connectivity index is 1.90. The monoisotopic (exact) mass is 358 g/mol. The Hall–Kier alpha value is -2.89. The van der Waals surface area contributed by atoms with Crippen molar-refractivity contribution in [2.24, 2.45) is 0 Å². The molecule has 0 aliphatic rings. The summed E-state index contributed by atoms with van der Waals surface area (Å²) in [6, 6.07) is 14.8. The molecule has 0 bridgehead atoms. The van der Waals surface area contributed by atoms with E-state index in [0.29, 0.717) is 12.2 Å². The number of carbonyl (C=O) groups is 2. The molecule has 6 heteroatoms. The van der Waals surface area contributed by atoms with Gasteiger partial charge in [-0.25, -0.2) is 4.39 Å². The molecule has 0 aliphatic heterocycles. The summed E-state index contributed by atoms with van der Waals surface area (Å²) in [5, 5.41) is 0. The van der Waals surface area contributed by atoms with Crippen LogP contribution in [-0.4, -0.2) is 17.9 Å². The second-order valence-corrected chi connectivity index (χ2v) is 5.94. The normalized spacial score (nSPS) is 12.7. The van der Waals surface area contributed by atoms with Crippen molar-refractivity contribution in [3.8, 4) is 5.75 Å². The van der Waals surface area contributed by atoms with Gasteiger partial charge in [-0.15, -0.1) is 0 Å². The molecule has 2 atom stereocenters. The van der Waals surface area contributed by atoms with Crippen LogP contribution in [0.5, 0.6) is 5.75 Å². The van der Waals surface area contributed by atoms with E-state index in [1.807, 2.05) is 37.3 Å². The summed E-state index contributed by atoms with van der Waals surface area (Å²) >= 11 is 0. The van der Waals surface area contributed by atoms with Gasteiger partial charge in [0.1, 0.15) is 11.6 Å². The number of halogens is 1. The molecule has 0 aliphatic carbocycles. The van der Waals surface area contributed by atoms with Crippen LogP contribution in [0.4, 0.5) is 4.39 Å². The zero-order valence-corrected chi connectivity index (χ0v) is 14.9. The maximum atomic E-state index is 12.9. The summed E-state index contributed by atoms with van der Waals surface area (Å²) in [5.41, 5.74) is 5.75. The number of rotatable bonds is 7. The van der Waals surface area contributed by atoms with Crippen molar-refractivity contribution in [3.05, 3.63) is 66.0 Å². The topological polar surface area (TPSA) is 67.4 Å². The maximum absolute atomic E-state index is 12.9. The van der Waals surface area contributed by atoms with Crippen LogP contribution in [0.1, 0.15) is 38.2 Å². The lowest BCUT2D eigenvalue weighted by molar-refractivity contribution is -0.133. The van der Waals surface area contributed by atoms with Crippen molar-refractivity contribution >= 4 is 11.8 Å². The molecule has 0 fully saturated rings. The molecule has 2 rings (SSSR count). The highest BCUT2D eigenvalue weighted by molar-refractivity contribution is 5.87. The van der Waals surface area contributed by atoms with Gasteiger partial charge in [-0.05, 0) is 43.2 Å². The average Bonchev–Trinajstić information content (AvgIpc) is 2.66. The van der Waals surface area contributed by atoms with Gasteiger partial charge in [0.25, 0.3) is 5.91 Å². The Morgan fingerprint density at radius 3 is 2.23 bits per heavy atom. The fourth-order valence-electron chi connectivity index (χ4n) is 2.51. The van der Waals surface area contributed by atoms with Crippen molar-refractivity contribution < 1.29 is 18.7 Å². The van der Waals surface area contributed by atoms with Crippen LogP contribution in [0, 0.1) is 5.82 Å². The maximum Gasteiger partial charge on any atom is 0.279 e. The number of hydrogen-bond donors (Lipinski definition) is 2. The summed E-state index contributed by atoms with van der Waals surface area (Å²) in [5.74, 6) is -1.13. The summed E-state index contributed by atoms with van der Waals surface area (Å²) in [6.07, 6.45) is 0.667. The van der Waals surface area contributed by atoms with E-state index in [-0.39, 0.29) is 17.6 Å². The van der Waals surface area contributed by atoms with Gasteiger partial charge in [0.05, 0.1) is 5.92 Å². The van der Waals surface area contributed by atoms with Crippen LogP contribution >= 0.6 is 0 Å². The number of hydrogen-bond acceptors (Lipinski definition) is 3. The van der Waals surface area contributed by atoms with Crippen LogP contribution < -0.4 is 15.6 Å². The minimum Gasteiger partial charge on any atom is -0.481 e. The summed E-state index contributed by atoms with van der Waals surface area (Å²) < 4.78 is 18.3. The fourth-order valence-corrected chi connectivity index (χ4v) is 2.51. The third kappa shape index (κ3) is 5.58. The number of carbonyl (C=O) groups excluding carboxylic acids is 2. The van der Waals surface area contributed by atoms with E-state index in [0.717, 1.165) is 12.0 Å². The number of benzene rings is 2. The van der Waals surface area contributed by atoms with Crippen molar-refractivity contribution in [1.29, 1.82) is 0 Å². The van der Waals surface area contributed by atoms with E-state index in [1.165, 1.54) is 24.3 Å². The highest BCUT2D eigenvalue weighted by Crippen LogP contribution is 2.21. The fraction of sp³-hybridized carbons (Fsp3) is 0.300. The largest absolute Gasteiger partial charge is 0.481 e. The average molecular weight is 358 g/mol. The SMILES string of the molecule is CCC[C@H](C(=O)NNC(=O)[C@@H](C)Oc1ccc(F)cc1)c1ccccc1. The first-order chi connectivity index (χ1) is 12.5. The van der Waals surface area contributed by atoms with Crippen molar-refractivity contribution in [3.63, 3.8) is 0 Å². The van der Waals surface area contributed by atoms with Crippen LogP contribution in [0.15, 0.2) is 54.6 Å². The lowest BCUT2D eigenvalue weighted by Crippen LogP contribution is -2.48. The molecule has 0 radical (unpaired) electrons. The Morgan fingerprint density at radius 2 is 1.62 bits per heavy atom. The molecular formula is C20H23FN2O3. The lowest BCUT2D eigenvalue weighted by atomic mass is 9.94. The van der Waals surface area contributed by atoms with Gasteiger partial charge in [0, 0.05) is 0 Å². The van der Waals surface area contributed by atoms with Crippen LogP contribution in [0.25, 0.3) is 0 Å². The van der Waals surface area contributed by atoms with Gasteiger partial charge in [-0.2, -0.15) is 0 Å². The minimum atomic E-state index is -0.845. The Kier molecular flexibility index (Phi) is 7.14. The second-order valence-electron chi connectivity index (χ2n) is 5.94. The van der Waals surface area contributed by atoms with E-state index in [4.69, 9.17) is 4.74 Å². The molecule has 26 heavy (non-hydrogen) atoms. The molecule has 138 valence electrons. The van der Waals surface area contributed by atoms with E-state index in [2.05, 4.69) is 10.9 Å². The smallest absolute Gasteiger partial charge is 0.279 e. The third-order valence-corrected chi connectivity index (χ3v) is 3.90. The van der Waals surface area contributed by atoms with Crippen molar-refractivity contribution in [2.75, 3.05) is 0 Å². The third-order valence-electron chi connectivity index (χ3n) is 3.90. The van der Waals surface area contributed by atoms with Crippen molar-refractivity contribution in [1.82, 2.24) is 10.9 Å².